The van der Waals surface area contributed by atoms with Crippen LogP contribution in [-0.2, 0) is 0 Å². The maximum Gasteiger partial charge on any atom is 0.116 e. The van der Waals surface area contributed by atoms with Gasteiger partial charge in [0.15, 0.2) is 0 Å². The van der Waals surface area contributed by atoms with Gasteiger partial charge >= 0.3 is 0 Å². The lowest BCUT2D eigenvalue weighted by Crippen LogP contribution is -1.85. The number of hydrogen-bond acceptors (Lipinski definition) is 3. The molecule has 0 bridgehead atoms. The molecular weight excluding hydrogens is 188 g/mol. The first-order valence-corrected chi connectivity index (χ1v) is 4.64. The molecule has 3 aromatic rings. The Morgan fingerprint density at radius 1 is 1.13 bits per heavy atom. The summed E-state index contributed by atoms with van der Waals surface area (Å²) in [5, 5.41) is 4.25. The van der Waals surface area contributed by atoms with Crippen LogP contribution in [0.25, 0.3) is 16.8 Å². The third kappa shape index (κ3) is 1.27. The highest BCUT2D eigenvalue weighted by Crippen LogP contribution is 2.20. The van der Waals surface area contributed by atoms with E-state index >= 15 is 0 Å². The molecule has 0 aliphatic heterocycles. The van der Waals surface area contributed by atoms with Crippen LogP contribution < -0.4 is 0 Å². The van der Waals surface area contributed by atoms with E-state index < -0.39 is 0 Å². The Bertz CT molecular complexity index is 586. The van der Waals surface area contributed by atoms with E-state index in [1.54, 1.807) is 12.5 Å². The molecule has 0 aliphatic carbocycles. The highest BCUT2D eigenvalue weighted by molar-refractivity contribution is 5.77. The molecule has 0 saturated heterocycles. The first-order valence-electron chi connectivity index (χ1n) is 4.64. The molecule has 0 N–H and O–H groups in total. The van der Waals surface area contributed by atoms with Crippen molar-refractivity contribution in [2.45, 2.75) is 0 Å². The quantitative estimate of drug-likeness (QED) is 0.596. The molecule has 0 aromatic carbocycles. The summed E-state index contributed by atoms with van der Waals surface area (Å²) < 4.78 is 1.83. The Morgan fingerprint density at radius 2 is 2.13 bits per heavy atom. The molecule has 0 atom stereocenters. The summed E-state index contributed by atoms with van der Waals surface area (Å²) in [6.07, 6.45) is 7.01. The Labute approximate surface area is 86.2 Å². The molecule has 0 saturated carbocycles. The summed E-state index contributed by atoms with van der Waals surface area (Å²) in [6, 6.07) is 7.83. The highest BCUT2D eigenvalue weighted by Gasteiger charge is 2.05. The van der Waals surface area contributed by atoms with E-state index in [0.717, 1.165) is 16.8 Å². The molecule has 3 heterocycles. The normalized spacial score (nSPS) is 10.7. The summed E-state index contributed by atoms with van der Waals surface area (Å²) in [6.45, 7) is 0. The fourth-order valence-corrected chi connectivity index (χ4v) is 1.58. The van der Waals surface area contributed by atoms with Crippen molar-refractivity contribution in [2.75, 3.05) is 0 Å². The van der Waals surface area contributed by atoms with Crippen molar-refractivity contribution in [3.05, 3.63) is 49.2 Å². The lowest BCUT2D eigenvalue weighted by atomic mass is 10.2. The third-order valence-corrected chi connectivity index (χ3v) is 2.28. The largest absolute Gasteiger partial charge is 0.245 e. The van der Waals surface area contributed by atoms with Gasteiger partial charge in [-0.15, -0.1) is 0 Å². The summed E-state index contributed by atoms with van der Waals surface area (Å²) in [5.41, 5.74) is 2.97. The van der Waals surface area contributed by atoms with Gasteiger partial charge in [0.25, 0.3) is 0 Å². The third-order valence-electron chi connectivity index (χ3n) is 2.28. The zero-order valence-electron chi connectivity index (χ0n) is 7.91. The number of aromatic nitrogens is 4. The smallest absolute Gasteiger partial charge is 0.116 e. The fourth-order valence-electron chi connectivity index (χ4n) is 1.58. The minimum absolute atomic E-state index is 0.895. The average Bonchev–Trinajstić information content (AvgIpc) is 2.74. The van der Waals surface area contributed by atoms with Crippen molar-refractivity contribution in [1.82, 2.24) is 19.6 Å². The minimum Gasteiger partial charge on any atom is -0.245 e. The monoisotopic (exact) mass is 196 g/mol. The molecule has 0 fully saturated rings. The summed E-state index contributed by atoms with van der Waals surface area (Å²) in [7, 11) is 0. The minimum atomic E-state index is 0.895. The predicted molar refractivity (Wildman–Crippen MR) is 56.2 cm³/mol. The molecule has 15 heavy (non-hydrogen) atoms. The van der Waals surface area contributed by atoms with E-state index in [9.17, 15) is 0 Å². The van der Waals surface area contributed by atoms with E-state index in [1.807, 2.05) is 41.2 Å². The van der Waals surface area contributed by atoms with Gasteiger partial charge in [-0.05, 0) is 18.2 Å². The van der Waals surface area contributed by atoms with Crippen LogP contribution in [-0.4, -0.2) is 19.6 Å². The van der Waals surface area contributed by atoms with E-state index in [4.69, 9.17) is 0 Å². The van der Waals surface area contributed by atoms with Crippen LogP contribution in [0.4, 0.5) is 0 Å². The second-order valence-electron chi connectivity index (χ2n) is 3.18. The zero-order chi connectivity index (χ0) is 10.1. The molecule has 3 rings (SSSR count). The molecule has 0 spiro atoms. The number of pyridine rings is 1. The van der Waals surface area contributed by atoms with Crippen molar-refractivity contribution >= 4 is 5.52 Å². The summed E-state index contributed by atoms with van der Waals surface area (Å²) in [4.78, 5) is 8.10. The van der Waals surface area contributed by atoms with Gasteiger partial charge in [-0.3, -0.25) is 0 Å². The zero-order valence-corrected chi connectivity index (χ0v) is 7.91. The van der Waals surface area contributed by atoms with Gasteiger partial charge in [0.2, 0.25) is 0 Å². The van der Waals surface area contributed by atoms with Crippen molar-refractivity contribution in [3.8, 4) is 11.3 Å². The van der Waals surface area contributed by atoms with Gasteiger partial charge in [-0.25, -0.2) is 14.5 Å². The molecule has 4 nitrogen and oxygen atoms in total. The molecule has 0 aliphatic rings. The molecule has 0 radical (unpaired) electrons. The van der Waals surface area contributed by atoms with Gasteiger partial charge in [0.05, 0.1) is 17.4 Å². The molecule has 0 unspecified atom stereocenters. The Kier molecular flexibility index (Phi) is 1.71. The molecular formula is C11H8N4. The predicted octanol–water partition coefficient (Wildman–Crippen LogP) is 1.79. The van der Waals surface area contributed by atoms with Gasteiger partial charge in [-0.2, -0.15) is 5.10 Å². The van der Waals surface area contributed by atoms with E-state index in [2.05, 4.69) is 15.1 Å². The van der Waals surface area contributed by atoms with Crippen LogP contribution >= 0.6 is 0 Å². The van der Waals surface area contributed by atoms with Crippen LogP contribution in [0.15, 0.2) is 49.2 Å². The number of hydrogen-bond donors (Lipinski definition) is 0. The van der Waals surface area contributed by atoms with Crippen LogP contribution in [0.1, 0.15) is 0 Å². The highest BCUT2D eigenvalue weighted by atomic mass is 15.2. The van der Waals surface area contributed by atoms with Crippen LogP contribution in [0.5, 0.6) is 0 Å². The van der Waals surface area contributed by atoms with Gasteiger partial charge in [0.1, 0.15) is 6.33 Å². The van der Waals surface area contributed by atoms with E-state index in [-0.39, 0.29) is 0 Å². The van der Waals surface area contributed by atoms with Crippen molar-refractivity contribution < 1.29 is 0 Å². The van der Waals surface area contributed by atoms with E-state index in [0.29, 0.717) is 0 Å². The summed E-state index contributed by atoms with van der Waals surface area (Å²) >= 11 is 0. The maximum atomic E-state index is 4.25. The Morgan fingerprint density at radius 3 is 3.00 bits per heavy atom. The average molecular weight is 196 g/mol. The first-order chi connectivity index (χ1) is 7.45. The number of nitrogens with zero attached hydrogens (tertiary/aromatic N) is 4. The molecule has 3 aromatic heterocycles. The lowest BCUT2D eigenvalue weighted by Gasteiger charge is -1.96. The molecule has 0 amide bonds. The summed E-state index contributed by atoms with van der Waals surface area (Å²) in [5.74, 6) is 0. The van der Waals surface area contributed by atoms with Crippen molar-refractivity contribution in [3.63, 3.8) is 0 Å². The topological polar surface area (TPSA) is 43.1 Å². The molecule has 4 heteroatoms. The second-order valence-corrected chi connectivity index (χ2v) is 3.18. The van der Waals surface area contributed by atoms with Crippen molar-refractivity contribution in [1.29, 1.82) is 0 Å². The maximum absolute atomic E-state index is 4.25. The van der Waals surface area contributed by atoms with Crippen LogP contribution in [0, 0.1) is 0 Å². The van der Waals surface area contributed by atoms with Gasteiger partial charge < -0.3 is 0 Å². The Hall–Kier alpha value is -2.23. The van der Waals surface area contributed by atoms with Crippen molar-refractivity contribution in [2.24, 2.45) is 0 Å². The first kappa shape index (κ1) is 8.11. The van der Waals surface area contributed by atoms with Gasteiger partial charge in [-0.1, -0.05) is 6.07 Å². The van der Waals surface area contributed by atoms with Crippen LogP contribution in [0.3, 0.4) is 0 Å². The second kappa shape index (κ2) is 3.16. The molecule has 72 valence electrons. The fraction of sp³-hybridized carbons (Fsp3) is 0. The Balaban J connectivity index is 2.28. The van der Waals surface area contributed by atoms with E-state index in [1.165, 1.54) is 0 Å². The number of rotatable bonds is 1. The van der Waals surface area contributed by atoms with Crippen LogP contribution in [0.2, 0.25) is 0 Å². The number of fused-ring (bicyclic) bond motifs is 1. The van der Waals surface area contributed by atoms with Gasteiger partial charge in [0, 0.05) is 18.0 Å². The lowest BCUT2D eigenvalue weighted by molar-refractivity contribution is 0.961. The SMILES string of the molecule is c1ccn2ncc(-c3ccncn3)c2c1. The standard InChI is InChI=1S/C11H8N4/c1-2-6-15-11(3-1)9(7-14-15)10-4-5-12-8-13-10/h1-8H.